The molecular weight excluding hydrogens is 414 g/mol. The average Bonchev–Trinajstić information content (AvgIpc) is 3.25. The molecule has 1 aromatic heterocycles. The van der Waals surface area contributed by atoms with Crippen LogP contribution in [0.3, 0.4) is 0 Å². The van der Waals surface area contributed by atoms with Gasteiger partial charge < -0.3 is 10.8 Å². The van der Waals surface area contributed by atoms with Crippen molar-refractivity contribution in [1.29, 1.82) is 0 Å². The van der Waals surface area contributed by atoms with Crippen molar-refractivity contribution in [2.45, 2.75) is 90.2 Å². The quantitative estimate of drug-likeness (QED) is 0.291. The van der Waals surface area contributed by atoms with Crippen LogP contribution in [0.4, 0.5) is 0 Å². The van der Waals surface area contributed by atoms with Crippen molar-refractivity contribution >= 4 is 15.9 Å². The van der Waals surface area contributed by atoms with Gasteiger partial charge in [0.15, 0.2) is 0 Å². The minimum absolute atomic E-state index is 0.00530. The van der Waals surface area contributed by atoms with E-state index in [1.54, 1.807) is 0 Å². The maximum absolute atomic E-state index is 10.6. The Morgan fingerprint density at radius 3 is 2.28 bits per heavy atom. The zero-order valence-corrected chi connectivity index (χ0v) is 21.4. The first-order chi connectivity index (χ1) is 15.4. The summed E-state index contributed by atoms with van der Waals surface area (Å²) in [6.07, 6.45) is 4.76. The van der Waals surface area contributed by atoms with Crippen LogP contribution in [-0.4, -0.2) is 27.4 Å². The molecule has 1 aliphatic heterocycles. The number of unbranched alkanes of at least 4 members (excludes halogenated alkanes) is 2. The minimum atomic E-state index is -0.531. The number of aliphatic hydroxyl groups is 1. The summed E-state index contributed by atoms with van der Waals surface area (Å²) >= 11 is 0. The molecule has 0 bridgehead atoms. The number of rotatable bonds is 10. The molecule has 176 valence electrons. The predicted octanol–water partition coefficient (Wildman–Crippen LogP) is 6.30. The SMILES string of the molecule is CCCCCC1=NCC[SH]1c1c(C(C)C)nc(C(C)C)c(CO)c1-c1ccc(CN)cc1. The van der Waals surface area contributed by atoms with Crippen molar-refractivity contribution in [3.8, 4) is 11.1 Å². The van der Waals surface area contributed by atoms with E-state index in [9.17, 15) is 5.11 Å². The highest BCUT2D eigenvalue weighted by Gasteiger charge is 2.30. The second-order valence-corrected chi connectivity index (χ2v) is 11.6. The number of thiol groups is 1. The number of aliphatic imine (C=N–C) groups is 1. The van der Waals surface area contributed by atoms with Crippen molar-refractivity contribution in [1.82, 2.24) is 4.98 Å². The molecule has 2 aromatic rings. The normalized spacial score (nSPS) is 17.4. The third-order valence-corrected chi connectivity index (χ3v) is 8.89. The van der Waals surface area contributed by atoms with E-state index >= 15 is 0 Å². The first kappa shape index (κ1) is 24.9. The molecule has 1 aromatic carbocycles. The van der Waals surface area contributed by atoms with Crippen LogP contribution in [0.1, 0.15) is 94.7 Å². The number of aromatic nitrogens is 1. The average molecular weight is 456 g/mol. The topological polar surface area (TPSA) is 71.5 Å². The molecule has 0 fully saturated rings. The van der Waals surface area contributed by atoms with E-state index in [4.69, 9.17) is 15.7 Å². The van der Waals surface area contributed by atoms with E-state index < -0.39 is 10.9 Å². The van der Waals surface area contributed by atoms with E-state index in [1.165, 1.54) is 40.5 Å². The summed E-state index contributed by atoms with van der Waals surface area (Å²) in [4.78, 5) is 11.6. The number of pyridine rings is 1. The van der Waals surface area contributed by atoms with Crippen LogP contribution in [0.15, 0.2) is 34.2 Å². The zero-order chi connectivity index (χ0) is 23.3. The van der Waals surface area contributed by atoms with Gasteiger partial charge in [0.1, 0.15) is 0 Å². The highest BCUT2D eigenvalue weighted by atomic mass is 32.2. The molecule has 3 rings (SSSR count). The van der Waals surface area contributed by atoms with E-state index in [0.29, 0.717) is 12.5 Å². The first-order valence-electron chi connectivity index (χ1n) is 12.2. The number of hydrogen-bond acceptors (Lipinski definition) is 4. The van der Waals surface area contributed by atoms with E-state index in [2.05, 4.69) is 58.9 Å². The van der Waals surface area contributed by atoms with Crippen molar-refractivity contribution < 1.29 is 5.11 Å². The number of nitrogens with two attached hydrogens (primary N) is 1. The third kappa shape index (κ3) is 5.27. The molecule has 0 saturated carbocycles. The van der Waals surface area contributed by atoms with Crippen molar-refractivity contribution in [3.05, 3.63) is 46.8 Å². The van der Waals surface area contributed by atoms with E-state index in [1.807, 2.05) is 0 Å². The van der Waals surface area contributed by atoms with Gasteiger partial charge in [0, 0.05) is 40.6 Å². The Morgan fingerprint density at radius 2 is 1.72 bits per heavy atom. The van der Waals surface area contributed by atoms with E-state index in [-0.39, 0.29) is 12.5 Å². The second-order valence-electron chi connectivity index (χ2n) is 9.36. The molecule has 0 radical (unpaired) electrons. The second kappa shape index (κ2) is 11.4. The Balaban J connectivity index is 2.26. The molecular formula is C27H41N3OS. The van der Waals surface area contributed by atoms with Gasteiger partial charge in [0.05, 0.1) is 17.3 Å². The zero-order valence-electron chi connectivity index (χ0n) is 20.5. The van der Waals surface area contributed by atoms with Gasteiger partial charge in [0.25, 0.3) is 0 Å². The predicted molar refractivity (Wildman–Crippen MR) is 140 cm³/mol. The summed E-state index contributed by atoms with van der Waals surface area (Å²) in [5.41, 5.74) is 12.6. The van der Waals surface area contributed by atoms with Crippen molar-refractivity contribution in [3.63, 3.8) is 0 Å². The Kier molecular flexibility index (Phi) is 8.92. The summed E-state index contributed by atoms with van der Waals surface area (Å²) in [5, 5.41) is 12.0. The molecule has 1 atom stereocenters. The van der Waals surface area contributed by atoms with Gasteiger partial charge >= 0.3 is 0 Å². The number of benzene rings is 1. The number of aliphatic hydroxyl groups excluding tert-OH is 1. The van der Waals surface area contributed by atoms with E-state index in [0.717, 1.165) is 41.1 Å². The van der Waals surface area contributed by atoms with Crippen LogP contribution in [0.5, 0.6) is 0 Å². The summed E-state index contributed by atoms with van der Waals surface area (Å²) in [7, 11) is -0.531. The van der Waals surface area contributed by atoms with Gasteiger partial charge in [-0.1, -0.05) is 71.7 Å². The number of nitrogens with zero attached hydrogens (tertiary/aromatic N) is 2. The molecule has 3 N–H and O–H groups in total. The maximum Gasteiger partial charge on any atom is 0.0706 e. The monoisotopic (exact) mass is 455 g/mol. The first-order valence-corrected chi connectivity index (χ1v) is 13.7. The standard InChI is InChI=1S/C27H41N3OS/c1-6-7-8-9-23-29-14-15-32(23)27-24(21-12-10-20(16-28)11-13-21)22(17-31)25(18(2)3)30-26(27)19(4)5/h10-13,18-19,31-32H,6-9,14-17,28H2,1-5H3. The summed E-state index contributed by atoms with van der Waals surface area (Å²) in [5.74, 6) is 1.66. The molecule has 1 unspecified atom stereocenters. The van der Waals surface area contributed by atoms with Crippen molar-refractivity contribution in [2.24, 2.45) is 10.7 Å². The molecule has 4 nitrogen and oxygen atoms in total. The molecule has 1 aliphatic rings. The van der Waals surface area contributed by atoms with Gasteiger partial charge in [-0.25, -0.2) is 0 Å². The lowest BCUT2D eigenvalue weighted by Gasteiger charge is -2.30. The molecule has 0 spiro atoms. The molecule has 0 aliphatic carbocycles. The Morgan fingerprint density at radius 1 is 1.03 bits per heavy atom. The fraction of sp³-hybridized carbons (Fsp3) is 0.556. The van der Waals surface area contributed by atoms with Gasteiger partial charge in [-0.05, 0) is 35.8 Å². The number of hydrogen-bond donors (Lipinski definition) is 3. The Labute approximate surface area is 197 Å². The van der Waals surface area contributed by atoms with Crippen LogP contribution in [0, 0.1) is 0 Å². The lowest BCUT2D eigenvalue weighted by molar-refractivity contribution is 0.279. The van der Waals surface area contributed by atoms with Gasteiger partial charge in [-0.3, -0.25) is 9.98 Å². The van der Waals surface area contributed by atoms with Gasteiger partial charge in [0.2, 0.25) is 0 Å². The maximum atomic E-state index is 10.6. The van der Waals surface area contributed by atoms with Gasteiger partial charge in [-0.15, -0.1) is 0 Å². The smallest absolute Gasteiger partial charge is 0.0706 e. The molecule has 0 saturated heterocycles. The lowest BCUT2D eigenvalue weighted by Crippen LogP contribution is -2.13. The summed E-state index contributed by atoms with van der Waals surface area (Å²) < 4.78 is 0. The lowest BCUT2D eigenvalue weighted by atomic mass is 9.91. The van der Waals surface area contributed by atoms with Crippen molar-refractivity contribution in [2.75, 3.05) is 12.3 Å². The molecule has 5 heteroatoms. The summed E-state index contributed by atoms with van der Waals surface area (Å²) in [6.45, 7) is 12.5. The fourth-order valence-electron chi connectivity index (χ4n) is 4.56. The fourth-order valence-corrected chi connectivity index (χ4v) is 7.42. The summed E-state index contributed by atoms with van der Waals surface area (Å²) in [6, 6.07) is 8.58. The largest absolute Gasteiger partial charge is 0.392 e. The molecule has 32 heavy (non-hydrogen) atoms. The molecule has 2 heterocycles. The minimum Gasteiger partial charge on any atom is -0.392 e. The van der Waals surface area contributed by atoms with Crippen LogP contribution in [0.2, 0.25) is 0 Å². The van der Waals surface area contributed by atoms with Crippen LogP contribution in [0.25, 0.3) is 11.1 Å². The Bertz CT molecular complexity index is 935. The Hall–Kier alpha value is -1.69. The molecule has 0 amide bonds. The van der Waals surface area contributed by atoms with Gasteiger partial charge in [-0.2, -0.15) is 10.9 Å². The third-order valence-electron chi connectivity index (χ3n) is 6.26. The van der Waals surface area contributed by atoms with Crippen LogP contribution >= 0.6 is 10.9 Å². The van der Waals surface area contributed by atoms with Crippen LogP contribution < -0.4 is 5.73 Å². The highest BCUT2D eigenvalue weighted by molar-refractivity contribution is 8.30. The van der Waals surface area contributed by atoms with Crippen LogP contribution in [-0.2, 0) is 13.2 Å². The highest BCUT2D eigenvalue weighted by Crippen LogP contribution is 2.52.